The van der Waals surface area contributed by atoms with Crippen LogP contribution in [0.1, 0.15) is 23.1 Å². The number of carbonyl (C=O) groups excluding carboxylic acids is 3. The highest BCUT2D eigenvalue weighted by Crippen LogP contribution is 2.36. The number of amides is 3. The van der Waals surface area contributed by atoms with Gasteiger partial charge in [-0.15, -0.1) is 0 Å². The van der Waals surface area contributed by atoms with Crippen molar-refractivity contribution in [3.8, 4) is 0 Å². The first-order valence-corrected chi connectivity index (χ1v) is 13.2. The summed E-state index contributed by atoms with van der Waals surface area (Å²) in [5.74, 6) is -0.724. The highest BCUT2D eigenvalue weighted by atomic mass is 35.5. The third-order valence-corrected chi connectivity index (χ3v) is 7.87. The summed E-state index contributed by atoms with van der Waals surface area (Å²) in [6, 6.07) is 8.85. The fourth-order valence-electron chi connectivity index (χ4n) is 4.93. The molecule has 0 spiro atoms. The van der Waals surface area contributed by atoms with Gasteiger partial charge >= 0.3 is 6.18 Å². The van der Waals surface area contributed by atoms with E-state index in [2.05, 4.69) is 5.10 Å². The van der Waals surface area contributed by atoms with Gasteiger partial charge in [0.05, 0.1) is 35.3 Å². The summed E-state index contributed by atoms with van der Waals surface area (Å²) in [5.41, 5.74) is 5.75. The Bertz CT molecular complexity index is 1510. The van der Waals surface area contributed by atoms with Gasteiger partial charge in [0.25, 0.3) is 11.1 Å². The molecular weight excluding hydrogens is 555 g/mol. The van der Waals surface area contributed by atoms with E-state index in [1.807, 2.05) is 4.90 Å². The average molecular weight is 578 g/mol. The number of imide groups is 1. The fourth-order valence-corrected chi connectivity index (χ4v) is 5.95. The average Bonchev–Trinajstić information content (AvgIpc) is 3.54. The minimum absolute atomic E-state index is 0.00115. The summed E-state index contributed by atoms with van der Waals surface area (Å²) < 4.78 is 42.0. The first-order chi connectivity index (χ1) is 18.5. The first-order valence-electron chi connectivity index (χ1n) is 12.0. The molecule has 2 aromatic carbocycles. The monoisotopic (exact) mass is 577 g/mol. The number of benzene rings is 2. The Hall–Kier alpha value is -3.35. The lowest BCUT2D eigenvalue weighted by atomic mass is 10.1. The summed E-state index contributed by atoms with van der Waals surface area (Å²) in [6.07, 6.45) is -0.634. The molecule has 8 nitrogen and oxygen atoms in total. The molecule has 5 rings (SSSR count). The predicted molar refractivity (Wildman–Crippen MR) is 142 cm³/mol. The molecule has 0 unspecified atom stereocenters. The minimum Gasteiger partial charge on any atom is -0.369 e. The molecule has 0 aliphatic carbocycles. The Morgan fingerprint density at radius 1 is 1.21 bits per heavy atom. The van der Waals surface area contributed by atoms with Crippen molar-refractivity contribution < 1.29 is 27.6 Å². The lowest BCUT2D eigenvalue weighted by molar-refractivity contribution is -0.138. The SMILES string of the molecule is NC(=O)CN1CC[C@@H](CN2C(=O)S/C(=C\c3ccc4c(cnn4Cc4ccc(Cl)cc4C(F)(F)F)c3)C2=O)C1. The molecule has 3 heterocycles. The Morgan fingerprint density at radius 3 is 2.74 bits per heavy atom. The number of carbonyl (C=O) groups is 3. The van der Waals surface area contributed by atoms with Crippen molar-refractivity contribution in [2.75, 3.05) is 26.2 Å². The van der Waals surface area contributed by atoms with Crippen molar-refractivity contribution >= 4 is 57.4 Å². The molecule has 2 aliphatic rings. The second kappa shape index (κ2) is 10.7. The maximum absolute atomic E-state index is 13.5. The van der Waals surface area contributed by atoms with E-state index < -0.39 is 17.6 Å². The quantitative estimate of drug-likeness (QED) is 0.412. The van der Waals surface area contributed by atoms with E-state index in [1.165, 1.54) is 21.7 Å². The van der Waals surface area contributed by atoms with Crippen LogP contribution in [0.25, 0.3) is 17.0 Å². The molecule has 0 bridgehead atoms. The molecule has 3 aromatic rings. The van der Waals surface area contributed by atoms with Crippen LogP contribution in [0.15, 0.2) is 47.5 Å². The van der Waals surface area contributed by atoms with E-state index in [1.54, 1.807) is 30.5 Å². The summed E-state index contributed by atoms with van der Waals surface area (Å²) in [5, 5.41) is 4.58. The normalized spacial score (nSPS) is 19.6. The number of primary amides is 1. The van der Waals surface area contributed by atoms with Crippen molar-refractivity contribution in [1.29, 1.82) is 0 Å². The largest absolute Gasteiger partial charge is 0.416 e. The molecule has 0 saturated carbocycles. The number of fused-ring (bicyclic) bond motifs is 1. The number of rotatable bonds is 7. The maximum Gasteiger partial charge on any atom is 0.416 e. The number of likely N-dealkylation sites (tertiary alicyclic amines) is 1. The van der Waals surface area contributed by atoms with Crippen LogP contribution < -0.4 is 5.73 Å². The van der Waals surface area contributed by atoms with Gasteiger partial charge in [0, 0.05) is 23.5 Å². The number of nitrogens with two attached hydrogens (primary N) is 1. The second-order valence-electron chi connectivity index (χ2n) is 9.57. The lowest BCUT2D eigenvalue weighted by Gasteiger charge is -2.18. The van der Waals surface area contributed by atoms with E-state index in [0.29, 0.717) is 29.6 Å². The van der Waals surface area contributed by atoms with Gasteiger partial charge in [0.15, 0.2) is 0 Å². The molecule has 1 aromatic heterocycles. The fraction of sp³-hybridized carbons (Fsp3) is 0.308. The smallest absolute Gasteiger partial charge is 0.369 e. The zero-order chi connectivity index (χ0) is 27.9. The van der Waals surface area contributed by atoms with E-state index in [-0.39, 0.29) is 52.2 Å². The van der Waals surface area contributed by atoms with E-state index in [0.717, 1.165) is 24.2 Å². The van der Waals surface area contributed by atoms with Crippen molar-refractivity contribution in [1.82, 2.24) is 19.6 Å². The van der Waals surface area contributed by atoms with Crippen molar-refractivity contribution in [2.45, 2.75) is 19.1 Å². The zero-order valence-corrected chi connectivity index (χ0v) is 22.0. The third-order valence-electron chi connectivity index (χ3n) is 6.72. The summed E-state index contributed by atoms with van der Waals surface area (Å²) in [7, 11) is 0. The van der Waals surface area contributed by atoms with Crippen LogP contribution in [0, 0.1) is 5.92 Å². The standard InChI is InChI=1S/C26H23ClF3N5O3S/c27-19-3-2-17(20(9-19)26(28,29)30)13-35-21-4-1-15(7-18(21)10-32-35)8-22-24(37)34(25(38)39-22)12-16-5-6-33(11-16)14-23(31)36/h1-4,7-10,16H,5-6,11-14H2,(H2,31,36)/b22-8-/t16-/m1/s1. The summed E-state index contributed by atoms with van der Waals surface area (Å²) in [6.45, 7) is 1.59. The van der Waals surface area contributed by atoms with Crippen LogP contribution in [0.2, 0.25) is 5.02 Å². The van der Waals surface area contributed by atoms with Gasteiger partial charge in [-0.25, -0.2) is 0 Å². The van der Waals surface area contributed by atoms with E-state index >= 15 is 0 Å². The number of halogens is 4. The van der Waals surface area contributed by atoms with Crippen LogP contribution in [-0.4, -0.2) is 62.8 Å². The molecule has 2 N–H and O–H groups in total. The third kappa shape index (κ3) is 5.97. The van der Waals surface area contributed by atoms with Crippen LogP contribution in [0.4, 0.5) is 18.0 Å². The van der Waals surface area contributed by atoms with Crippen LogP contribution >= 0.6 is 23.4 Å². The number of alkyl halides is 3. The zero-order valence-electron chi connectivity index (χ0n) is 20.4. The molecule has 2 aliphatic heterocycles. The molecule has 0 radical (unpaired) electrons. The molecule has 2 fully saturated rings. The highest BCUT2D eigenvalue weighted by Gasteiger charge is 2.38. The molecular formula is C26H23ClF3N5O3S. The molecule has 39 heavy (non-hydrogen) atoms. The Balaban J connectivity index is 1.31. The number of thioether (sulfide) groups is 1. The lowest BCUT2D eigenvalue weighted by Crippen LogP contribution is -2.36. The van der Waals surface area contributed by atoms with Gasteiger partial charge in [-0.1, -0.05) is 23.7 Å². The van der Waals surface area contributed by atoms with Gasteiger partial charge in [-0.3, -0.25) is 28.9 Å². The Morgan fingerprint density at radius 2 is 2.00 bits per heavy atom. The second-order valence-corrected chi connectivity index (χ2v) is 11.0. The Labute approximate surface area is 230 Å². The number of aromatic nitrogens is 2. The van der Waals surface area contributed by atoms with E-state index in [4.69, 9.17) is 17.3 Å². The number of hydrogen-bond acceptors (Lipinski definition) is 6. The topological polar surface area (TPSA) is 102 Å². The minimum atomic E-state index is -4.56. The molecule has 204 valence electrons. The van der Waals surface area contributed by atoms with Gasteiger partial charge < -0.3 is 5.73 Å². The van der Waals surface area contributed by atoms with Crippen molar-refractivity contribution in [3.63, 3.8) is 0 Å². The number of hydrogen-bond donors (Lipinski definition) is 1. The summed E-state index contributed by atoms with van der Waals surface area (Å²) >= 11 is 6.65. The van der Waals surface area contributed by atoms with Crippen LogP contribution in [-0.2, 0) is 22.3 Å². The van der Waals surface area contributed by atoms with Crippen LogP contribution in [0.5, 0.6) is 0 Å². The molecule has 2 saturated heterocycles. The predicted octanol–water partition coefficient (Wildman–Crippen LogP) is 4.60. The van der Waals surface area contributed by atoms with Crippen molar-refractivity contribution in [3.05, 3.63) is 69.2 Å². The molecule has 13 heteroatoms. The Kier molecular flexibility index (Phi) is 7.45. The highest BCUT2D eigenvalue weighted by molar-refractivity contribution is 8.18. The van der Waals surface area contributed by atoms with Gasteiger partial charge in [0.1, 0.15) is 0 Å². The maximum atomic E-state index is 13.5. The molecule has 3 amide bonds. The van der Waals surface area contributed by atoms with E-state index in [9.17, 15) is 27.6 Å². The van der Waals surface area contributed by atoms with Gasteiger partial charge in [-0.2, -0.15) is 18.3 Å². The molecule has 1 atom stereocenters. The van der Waals surface area contributed by atoms with Gasteiger partial charge in [0.2, 0.25) is 5.91 Å². The van der Waals surface area contributed by atoms with Crippen LogP contribution in [0.3, 0.4) is 0 Å². The first kappa shape index (κ1) is 27.2. The summed E-state index contributed by atoms with van der Waals surface area (Å²) in [4.78, 5) is 40.1. The van der Waals surface area contributed by atoms with Gasteiger partial charge in [-0.05, 0) is 72.1 Å². The van der Waals surface area contributed by atoms with Crippen molar-refractivity contribution in [2.24, 2.45) is 11.7 Å². The number of nitrogens with zero attached hydrogens (tertiary/aromatic N) is 4.